The molecule has 0 saturated heterocycles. The van der Waals surface area contributed by atoms with Crippen molar-refractivity contribution in [1.82, 2.24) is 9.88 Å². The second-order valence-corrected chi connectivity index (χ2v) is 5.62. The first-order valence-corrected chi connectivity index (χ1v) is 6.61. The summed E-state index contributed by atoms with van der Waals surface area (Å²) in [5, 5.41) is 9.45. The van der Waals surface area contributed by atoms with Crippen molar-refractivity contribution in [2.45, 2.75) is 51.4 Å². The molecule has 1 atom stereocenters. The van der Waals surface area contributed by atoms with E-state index >= 15 is 0 Å². The monoisotopic (exact) mass is 306 g/mol. The molecule has 1 amide bonds. The average Bonchev–Trinajstić information content (AvgIpc) is 2.79. The molecule has 2 rings (SSSR count). The topological polar surface area (TPSA) is 66.6 Å². The van der Waals surface area contributed by atoms with Crippen LogP contribution in [0.2, 0.25) is 0 Å². The average molecular weight is 306 g/mol. The zero-order valence-corrected chi connectivity index (χ0v) is 12.0. The maximum absolute atomic E-state index is 12.7. The van der Waals surface area contributed by atoms with Crippen LogP contribution in [-0.4, -0.2) is 39.2 Å². The lowest BCUT2D eigenvalue weighted by molar-refractivity contribution is -0.250. The number of carbonyl (C=O) groups is 1. The van der Waals surface area contributed by atoms with Gasteiger partial charge in [-0.1, -0.05) is 13.8 Å². The zero-order valence-electron chi connectivity index (χ0n) is 12.0. The molecule has 1 N–H and O–H groups in total. The highest BCUT2D eigenvalue weighted by molar-refractivity contribution is 5.85. The van der Waals surface area contributed by atoms with E-state index in [-0.39, 0.29) is 25.4 Å². The summed E-state index contributed by atoms with van der Waals surface area (Å²) < 4.78 is 43.7. The van der Waals surface area contributed by atoms with Gasteiger partial charge in [-0.05, 0) is 6.92 Å². The van der Waals surface area contributed by atoms with Crippen molar-refractivity contribution in [3.05, 3.63) is 17.3 Å². The molecule has 1 aliphatic heterocycles. The van der Waals surface area contributed by atoms with E-state index in [1.54, 1.807) is 0 Å². The van der Waals surface area contributed by atoms with E-state index in [0.29, 0.717) is 24.3 Å². The van der Waals surface area contributed by atoms with Crippen LogP contribution >= 0.6 is 0 Å². The van der Waals surface area contributed by atoms with Crippen LogP contribution in [0.15, 0.2) is 4.42 Å². The molecule has 0 saturated carbocycles. The highest BCUT2D eigenvalue weighted by Crippen LogP contribution is 2.33. The van der Waals surface area contributed by atoms with E-state index in [2.05, 4.69) is 4.98 Å². The molecule has 1 aromatic rings. The number of aliphatic hydroxyl groups is 1. The quantitative estimate of drug-likeness (QED) is 0.907. The molecule has 0 bridgehead atoms. The van der Waals surface area contributed by atoms with E-state index in [4.69, 9.17) is 4.42 Å². The first-order valence-electron chi connectivity index (χ1n) is 6.61. The van der Waals surface area contributed by atoms with Gasteiger partial charge >= 0.3 is 6.18 Å². The molecule has 1 aliphatic rings. The molecule has 0 aromatic carbocycles. The summed E-state index contributed by atoms with van der Waals surface area (Å²) >= 11 is 0. The third-order valence-corrected chi connectivity index (χ3v) is 3.49. The van der Waals surface area contributed by atoms with Crippen LogP contribution < -0.4 is 0 Å². The summed E-state index contributed by atoms with van der Waals surface area (Å²) in [6.45, 7) is 4.21. The number of carbonyl (C=O) groups excluding carboxylic acids is 1. The van der Waals surface area contributed by atoms with E-state index in [1.807, 2.05) is 13.8 Å². The number of oxazole rings is 1. The molecule has 0 fully saturated rings. The van der Waals surface area contributed by atoms with Crippen molar-refractivity contribution in [1.29, 1.82) is 0 Å². The summed E-state index contributed by atoms with van der Waals surface area (Å²) in [7, 11) is 0. The van der Waals surface area contributed by atoms with Crippen molar-refractivity contribution in [3.8, 4) is 0 Å². The van der Waals surface area contributed by atoms with Gasteiger partial charge in [-0.15, -0.1) is 0 Å². The van der Waals surface area contributed by atoms with Gasteiger partial charge in [0.25, 0.3) is 5.91 Å². The SMILES string of the molecule is CC(C)c1nc2c(o1)CCN(C(=O)C(C)(O)C(F)(F)F)C2. The van der Waals surface area contributed by atoms with E-state index in [1.165, 1.54) is 0 Å². The predicted molar refractivity (Wildman–Crippen MR) is 66.4 cm³/mol. The maximum atomic E-state index is 12.7. The number of fused-ring (bicyclic) bond motifs is 1. The molecule has 0 aliphatic carbocycles. The Labute approximate surface area is 119 Å². The Morgan fingerprint density at radius 2 is 2.05 bits per heavy atom. The van der Waals surface area contributed by atoms with Crippen LogP contribution in [0.3, 0.4) is 0 Å². The van der Waals surface area contributed by atoms with Crippen LogP contribution in [-0.2, 0) is 17.8 Å². The number of amides is 1. The van der Waals surface area contributed by atoms with Crippen LogP contribution in [0.1, 0.15) is 44.0 Å². The van der Waals surface area contributed by atoms with Gasteiger partial charge in [0, 0.05) is 18.9 Å². The fourth-order valence-electron chi connectivity index (χ4n) is 2.07. The number of nitrogens with zero attached hydrogens (tertiary/aromatic N) is 2. The number of halogens is 3. The minimum atomic E-state index is -5.02. The highest BCUT2D eigenvalue weighted by atomic mass is 19.4. The summed E-state index contributed by atoms with van der Waals surface area (Å²) in [5.41, 5.74) is -2.94. The molecule has 0 spiro atoms. The number of hydrogen-bond donors (Lipinski definition) is 1. The van der Waals surface area contributed by atoms with Crippen LogP contribution in [0.5, 0.6) is 0 Å². The fourth-order valence-corrected chi connectivity index (χ4v) is 2.07. The summed E-state index contributed by atoms with van der Waals surface area (Å²) in [6.07, 6.45) is -4.73. The second kappa shape index (κ2) is 5.01. The number of aromatic nitrogens is 1. The molecular formula is C13H17F3N2O3. The lowest BCUT2D eigenvalue weighted by atomic mass is 10.0. The predicted octanol–water partition coefficient (Wildman–Crippen LogP) is 2.00. The number of rotatable bonds is 2. The van der Waals surface area contributed by atoms with Gasteiger partial charge in [0.1, 0.15) is 11.5 Å². The van der Waals surface area contributed by atoms with Gasteiger partial charge in [0.05, 0.1) is 6.54 Å². The molecule has 5 nitrogen and oxygen atoms in total. The highest BCUT2D eigenvalue weighted by Gasteiger charge is 2.57. The van der Waals surface area contributed by atoms with Gasteiger partial charge in [0.2, 0.25) is 5.60 Å². The van der Waals surface area contributed by atoms with Crippen LogP contribution in [0.25, 0.3) is 0 Å². The molecule has 2 heterocycles. The van der Waals surface area contributed by atoms with Crippen molar-refractivity contribution in [2.75, 3.05) is 6.54 Å². The molecule has 0 radical (unpaired) electrons. The summed E-state index contributed by atoms with van der Waals surface area (Å²) in [6, 6.07) is 0. The fraction of sp³-hybridized carbons (Fsp3) is 0.692. The van der Waals surface area contributed by atoms with Crippen molar-refractivity contribution in [2.24, 2.45) is 0 Å². The first kappa shape index (κ1) is 15.8. The van der Waals surface area contributed by atoms with E-state index in [0.717, 1.165) is 4.90 Å². The van der Waals surface area contributed by atoms with E-state index < -0.39 is 17.7 Å². The van der Waals surface area contributed by atoms with Crippen molar-refractivity contribution in [3.63, 3.8) is 0 Å². The third-order valence-electron chi connectivity index (χ3n) is 3.49. The van der Waals surface area contributed by atoms with E-state index in [9.17, 15) is 23.1 Å². The number of alkyl halides is 3. The largest absolute Gasteiger partial charge is 0.445 e. The van der Waals surface area contributed by atoms with Gasteiger partial charge in [0.15, 0.2) is 5.89 Å². The zero-order chi connectivity index (χ0) is 16.0. The number of hydrogen-bond acceptors (Lipinski definition) is 4. The second-order valence-electron chi connectivity index (χ2n) is 5.62. The first-order chi connectivity index (χ1) is 9.54. The van der Waals surface area contributed by atoms with Crippen molar-refractivity contribution < 1.29 is 27.5 Å². The van der Waals surface area contributed by atoms with Gasteiger partial charge in [-0.25, -0.2) is 4.98 Å². The lowest BCUT2D eigenvalue weighted by Gasteiger charge is -2.33. The Balaban J connectivity index is 2.20. The smallest absolute Gasteiger partial charge is 0.426 e. The molecule has 118 valence electrons. The van der Waals surface area contributed by atoms with Gasteiger partial charge in [-0.3, -0.25) is 4.79 Å². The third kappa shape index (κ3) is 2.76. The molecule has 1 aromatic heterocycles. The molecular weight excluding hydrogens is 289 g/mol. The van der Waals surface area contributed by atoms with Crippen LogP contribution in [0.4, 0.5) is 13.2 Å². The van der Waals surface area contributed by atoms with Gasteiger partial charge < -0.3 is 14.4 Å². The minimum absolute atomic E-state index is 0.0537. The standard InChI is InChI=1S/C13H17F3N2O3/c1-7(2)10-17-8-6-18(5-4-9(8)21-10)11(19)12(3,20)13(14,15)16/h7,20H,4-6H2,1-3H3. The lowest BCUT2D eigenvalue weighted by Crippen LogP contribution is -2.56. The Kier molecular flexibility index (Phi) is 3.77. The Morgan fingerprint density at radius 3 is 2.57 bits per heavy atom. The molecule has 8 heteroatoms. The van der Waals surface area contributed by atoms with Gasteiger partial charge in [-0.2, -0.15) is 13.2 Å². The summed E-state index contributed by atoms with van der Waals surface area (Å²) in [4.78, 5) is 17.1. The van der Waals surface area contributed by atoms with Crippen LogP contribution in [0, 0.1) is 0 Å². The Morgan fingerprint density at radius 1 is 1.43 bits per heavy atom. The maximum Gasteiger partial charge on any atom is 0.426 e. The summed E-state index contributed by atoms with van der Waals surface area (Å²) in [5.74, 6) is -0.223. The molecule has 1 unspecified atom stereocenters. The molecule has 21 heavy (non-hydrogen) atoms. The van der Waals surface area contributed by atoms with Crippen molar-refractivity contribution >= 4 is 5.91 Å². The minimum Gasteiger partial charge on any atom is -0.445 e. The normalized spacial score (nSPS) is 18.6. The Hall–Kier alpha value is -1.57. The Bertz CT molecular complexity index is 549.